The highest BCUT2D eigenvalue weighted by Crippen LogP contribution is 2.33. The number of nitrogens with zero attached hydrogens (tertiary/aromatic N) is 2. The summed E-state index contributed by atoms with van der Waals surface area (Å²) in [6, 6.07) is 2.02. The van der Waals surface area contributed by atoms with Gasteiger partial charge in [-0.15, -0.1) is 0 Å². The quantitative estimate of drug-likeness (QED) is 0.915. The van der Waals surface area contributed by atoms with Crippen molar-refractivity contribution in [1.82, 2.24) is 4.98 Å². The van der Waals surface area contributed by atoms with Crippen molar-refractivity contribution >= 4 is 21.6 Å². The minimum Gasteiger partial charge on any atom is -0.367 e. The molecule has 0 aliphatic carbocycles. The summed E-state index contributed by atoms with van der Waals surface area (Å²) in [4.78, 5) is 6.35. The normalized spacial score (nSPS) is 18.7. The highest BCUT2D eigenvalue weighted by Gasteiger charge is 2.39. The van der Waals surface area contributed by atoms with E-state index in [4.69, 9.17) is 5.73 Å². The van der Waals surface area contributed by atoms with Crippen LogP contribution in [0.25, 0.3) is 0 Å². The fourth-order valence-electron chi connectivity index (χ4n) is 2.16. The molecule has 0 amide bonds. The predicted octanol–water partition coefficient (Wildman–Crippen LogP) is 2.16. The Morgan fingerprint density at radius 2 is 2.33 bits per heavy atom. The Morgan fingerprint density at radius 1 is 1.60 bits per heavy atom. The van der Waals surface area contributed by atoms with Crippen molar-refractivity contribution in [1.29, 1.82) is 0 Å². The van der Waals surface area contributed by atoms with Gasteiger partial charge < -0.3 is 10.6 Å². The molecule has 15 heavy (non-hydrogen) atoms. The Labute approximate surface area is 98.8 Å². The van der Waals surface area contributed by atoms with Crippen LogP contribution in [0.3, 0.4) is 0 Å². The van der Waals surface area contributed by atoms with Crippen LogP contribution < -0.4 is 10.6 Å². The van der Waals surface area contributed by atoms with Crippen LogP contribution in [0.4, 0.5) is 5.69 Å². The predicted molar refractivity (Wildman–Crippen MR) is 66.0 cm³/mol. The maximum absolute atomic E-state index is 6.22. The molecule has 1 fully saturated rings. The van der Waals surface area contributed by atoms with Gasteiger partial charge in [-0.3, -0.25) is 4.98 Å². The van der Waals surface area contributed by atoms with Crippen LogP contribution in [0.15, 0.2) is 22.9 Å². The van der Waals surface area contributed by atoms with E-state index in [9.17, 15) is 0 Å². The third kappa shape index (κ3) is 2.16. The van der Waals surface area contributed by atoms with Crippen LogP contribution in [-0.4, -0.2) is 23.6 Å². The molecule has 2 rings (SSSR count). The molecule has 0 radical (unpaired) electrons. The number of pyridine rings is 1. The molecule has 1 aliphatic heterocycles. The van der Waals surface area contributed by atoms with E-state index < -0.39 is 0 Å². The summed E-state index contributed by atoms with van der Waals surface area (Å²) >= 11 is 3.50. The minimum absolute atomic E-state index is 0.0253. The maximum Gasteiger partial charge on any atom is 0.0592 e. The molecule has 3 nitrogen and oxygen atoms in total. The molecule has 4 heteroatoms. The molecule has 1 aromatic heterocycles. The lowest BCUT2D eigenvalue weighted by Crippen LogP contribution is -2.67. The number of hydrogen-bond acceptors (Lipinski definition) is 3. The zero-order valence-corrected chi connectivity index (χ0v) is 10.5. The van der Waals surface area contributed by atoms with Gasteiger partial charge in [-0.05, 0) is 28.4 Å². The number of anilines is 1. The summed E-state index contributed by atoms with van der Waals surface area (Å²) in [6.07, 6.45) is 5.90. The lowest BCUT2D eigenvalue weighted by atomic mass is 9.86. The van der Waals surface area contributed by atoms with Gasteiger partial charge in [-0.1, -0.05) is 13.3 Å². The Morgan fingerprint density at radius 3 is 2.93 bits per heavy atom. The van der Waals surface area contributed by atoms with Gasteiger partial charge in [0.1, 0.15) is 0 Å². The van der Waals surface area contributed by atoms with E-state index in [2.05, 4.69) is 32.7 Å². The number of hydrogen-bond donors (Lipinski definition) is 1. The van der Waals surface area contributed by atoms with Crippen LogP contribution in [-0.2, 0) is 0 Å². The number of rotatable bonds is 3. The lowest BCUT2D eigenvalue weighted by Gasteiger charge is -2.49. The van der Waals surface area contributed by atoms with E-state index in [1.165, 1.54) is 5.69 Å². The Balaban J connectivity index is 2.03. The van der Waals surface area contributed by atoms with Crippen molar-refractivity contribution in [2.24, 2.45) is 5.73 Å². The van der Waals surface area contributed by atoms with Crippen molar-refractivity contribution in [2.75, 3.05) is 18.0 Å². The second-order valence-corrected chi connectivity index (χ2v) is 5.15. The molecule has 2 N–H and O–H groups in total. The molecular formula is C11H16BrN3. The molecule has 0 aromatic carbocycles. The molecule has 0 spiro atoms. The first-order chi connectivity index (χ1) is 7.14. The average molecular weight is 270 g/mol. The fraction of sp³-hybridized carbons (Fsp3) is 0.545. The summed E-state index contributed by atoms with van der Waals surface area (Å²) in [5.74, 6) is 0. The first-order valence-electron chi connectivity index (χ1n) is 5.28. The monoisotopic (exact) mass is 269 g/mol. The van der Waals surface area contributed by atoms with Crippen LogP contribution in [0.2, 0.25) is 0 Å². The van der Waals surface area contributed by atoms with Crippen molar-refractivity contribution in [3.05, 3.63) is 22.9 Å². The fourth-order valence-corrected chi connectivity index (χ4v) is 2.67. The van der Waals surface area contributed by atoms with Gasteiger partial charge in [0.25, 0.3) is 0 Å². The number of nitrogens with two attached hydrogens (primary N) is 1. The second kappa shape index (κ2) is 4.10. The molecule has 0 bridgehead atoms. The van der Waals surface area contributed by atoms with Crippen LogP contribution in [0.5, 0.6) is 0 Å². The Hall–Kier alpha value is -0.610. The highest BCUT2D eigenvalue weighted by molar-refractivity contribution is 9.10. The van der Waals surface area contributed by atoms with Crippen molar-refractivity contribution in [3.63, 3.8) is 0 Å². The second-order valence-electron chi connectivity index (χ2n) is 4.30. The molecule has 2 heterocycles. The maximum atomic E-state index is 6.22. The third-order valence-corrected chi connectivity index (χ3v) is 3.46. The molecule has 1 aromatic rings. The smallest absolute Gasteiger partial charge is 0.0592 e. The lowest BCUT2D eigenvalue weighted by molar-refractivity contribution is 0.307. The molecule has 0 unspecified atom stereocenters. The molecule has 0 saturated carbocycles. The molecule has 82 valence electrons. The summed E-state index contributed by atoms with van der Waals surface area (Å²) in [5, 5.41) is 0. The molecular weight excluding hydrogens is 254 g/mol. The largest absolute Gasteiger partial charge is 0.367 e. The van der Waals surface area contributed by atoms with E-state index in [1.807, 2.05) is 18.5 Å². The first kappa shape index (κ1) is 10.9. The van der Waals surface area contributed by atoms with Crippen molar-refractivity contribution in [3.8, 4) is 0 Å². The summed E-state index contributed by atoms with van der Waals surface area (Å²) < 4.78 is 1.04. The van der Waals surface area contributed by atoms with Crippen molar-refractivity contribution in [2.45, 2.75) is 25.3 Å². The standard InChI is InChI=1S/C11H16BrN3/c1-2-4-11(13)7-15(8-11)10-3-5-14-6-9(10)12/h3,5-6H,2,4,7-8,13H2,1H3. The van der Waals surface area contributed by atoms with E-state index in [1.54, 1.807) is 0 Å². The molecule has 1 aliphatic rings. The zero-order valence-electron chi connectivity index (χ0n) is 8.91. The van der Waals surface area contributed by atoms with Crippen molar-refractivity contribution < 1.29 is 0 Å². The van der Waals surface area contributed by atoms with Gasteiger partial charge in [0, 0.05) is 25.5 Å². The van der Waals surface area contributed by atoms with Crippen LogP contribution in [0.1, 0.15) is 19.8 Å². The van der Waals surface area contributed by atoms with E-state index in [0.29, 0.717) is 0 Å². The van der Waals surface area contributed by atoms with E-state index >= 15 is 0 Å². The number of halogens is 1. The minimum atomic E-state index is 0.0253. The highest BCUT2D eigenvalue weighted by atomic mass is 79.9. The van der Waals surface area contributed by atoms with E-state index in [0.717, 1.165) is 30.4 Å². The van der Waals surface area contributed by atoms with E-state index in [-0.39, 0.29) is 5.54 Å². The Kier molecular flexibility index (Phi) is 2.98. The summed E-state index contributed by atoms with van der Waals surface area (Å²) in [7, 11) is 0. The third-order valence-electron chi connectivity index (χ3n) is 2.85. The van der Waals surface area contributed by atoms with Gasteiger partial charge in [0.15, 0.2) is 0 Å². The van der Waals surface area contributed by atoms with Gasteiger partial charge in [0.2, 0.25) is 0 Å². The van der Waals surface area contributed by atoms with Crippen LogP contribution in [0, 0.1) is 0 Å². The summed E-state index contributed by atoms with van der Waals surface area (Å²) in [6.45, 7) is 4.08. The zero-order chi connectivity index (χ0) is 10.9. The Bertz CT molecular complexity index is 347. The summed E-state index contributed by atoms with van der Waals surface area (Å²) in [5.41, 5.74) is 7.44. The first-order valence-corrected chi connectivity index (χ1v) is 6.07. The molecule has 1 saturated heterocycles. The van der Waals surface area contributed by atoms with Gasteiger partial charge in [-0.25, -0.2) is 0 Å². The van der Waals surface area contributed by atoms with Crippen LogP contribution >= 0.6 is 15.9 Å². The SMILES string of the molecule is CCCC1(N)CN(c2ccncc2Br)C1. The topological polar surface area (TPSA) is 42.1 Å². The average Bonchev–Trinajstić information content (AvgIpc) is 2.15. The van der Waals surface area contributed by atoms with Gasteiger partial charge in [0.05, 0.1) is 15.7 Å². The number of aromatic nitrogens is 1. The van der Waals surface area contributed by atoms with Gasteiger partial charge in [-0.2, -0.15) is 0 Å². The van der Waals surface area contributed by atoms with Gasteiger partial charge >= 0.3 is 0 Å². The molecule has 0 atom stereocenters.